The summed E-state index contributed by atoms with van der Waals surface area (Å²) in [6, 6.07) is 8.21. The lowest BCUT2D eigenvalue weighted by Crippen LogP contribution is -2.45. The lowest BCUT2D eigenvalue weighted by molar-refractivity contribution is -0.304. The molecule has 0 heterocycles. The van der Waals surface area contributed by atoms with E-state index in [-0.39, 0.29) is 15.6 Å². The second-order valence-electron chi connectivity index (χ2n) is 5.14. The molecule has 1 amide bonds. The fourth-order valence-electron chi connectivity index (χ4n) is 1.91. The number of amides is 1. The molecule has 2 aromatic rings. The zero-order valence-corrected chi connectivity index (χ0v) is 14.5. The number of nitrogens with one attached hydrogen (secondary N) is 1. The van der Waals surface area contributed by atoms with Gasteiger partial charge >= 0.3 is 12.3 Å². The molecule has 3 nitrogen and oxygen atoms in total. The summed E-state index contributed by atoms with van der Waals surface area (Å²) < 4.78 is 80.6. The molecule has 11 heteroatoms. The number of halogens is 8. The molecule has 1 N–H and O–H groups in total. The van der Waals surface area contributed by atoms with Crippen molar-refractivity contribution in [3.63, 3.8) is 0 Å². The van der Waals surface area contributed by atoms with Crippen LogP contribution < -0.4 is 10.1 Å². The first-order valence-corrected chi connectivity index (χ1v) is 7.80. The van der Waals surface area contributed by atoms with E-state index in [1.807, 2.05) is 0 Å². The maximum Gasteiger partial charge on any atom is 0.439 e. The minimum atomic E-state index is -5.83. The summed E-state index contributed by atoms with van der Waals surface area (Å²) in [7, 11) is 0. The van der Waals surface area contributed by atoms with Crippen LogP contribution in [0.4, 0.5) is 32.0 Å². The van der Waals surface area contributed by atoms with E-state index in [1.165, 1.54) is 24.3 Å². The van der Waals surface area contributed by atoms with E-state index in [0.717, 1.165) is 18.2 Å². The number of hydrogen-bond acceptors (Lipinski definition) is 2. The molecule has 1 unspecified atom stereocenters. The number of anilines is 1. The Balaban J connectivity index is 2.26. The van der Waals surface area contributed by atoms with Crippen molar-refractivity contribution < 1.29 is 35.9 Å². The van der Waals surface area contributed by atoms with Crippen LogP contribution in [0.5, 0.6) is 5.75 Å². The Labute approximate surface area is 158 Å². The molecule has 0 radical (unpaired) electrons. The van der Waals surface area contributed by atoms with Crippen molar-refractivity contribution >= 4 is 34.8 Å². The molecule has 0 spiro atoms. The highest BCUT2D eigenvalue weighted by Crippen LogP contribution is 2.38. The van der Waals surface area contributed by atoms with Gasteiger partial charge in [0.1, 0.15) is 5.75 Å². The summed E-state index contributed by atoms with van der Waals surface area (Å²) in [6.45, 7) is 0. The Hall–Kier alpha value is -2.13. The number of para-hydroxylation sites is 2. The molecule has 0 bridgehead atoms. The van der Waals surface area contributed by atoms with Crippen molar-refractivity contribution in [2.75, 3.05) is 5.32 Å². The first-order valence-electron chi connectivity index (χ1n) is 7.05. The largest absolute Gasteiger partial charge is 0.439 e. The summed E-state index contributed by atoms with van der Waals surface area (Å²) in [6.07, 6.45) is -15.6. The normalized spacial score (nSPS) is 13.2. The fraction of sp³-hybridized carbons (Fsp3) is 0.188. The molecular formula is C16H9Cl2F6NO2. The Bertz CT molecular complexity index is 844. The molecular weight excluding hydrogens is 423 g/mol. The molecule has 0 aliphatic carbocycles. The molecule has 0 aromatic heterocycles. The molecule has 2 rings (SSSR count). The number of ether oxygens (including phenoxy) is 1. The predicted molar refractivity (Wildman–Crippen MR) is 87.4 cm³/mol. The summed E-state index contributed by atoms with van der Waals surface area (Å²) in [5.74, 6) is -1.74. The maximum absolute atomic E-state index is 13.5. The molecule has 0 saturated carbocycles. The van der Waals surface area contributed by atoms with E-state index in [9.17, 15) is 31.1 Å². The predicted octanol–water partition coefficient (Wildman–Crippen LogP) is 6.12. The van der Waals surface area contributed by atoms with Crippen molar-refractivity contribution in [3.8, 4) is 5.75 Å². The van der Waals surface area contributed by atoms with Gasteiger partial charge in [0.2, 0.25) is 0 Å². The molecule has 0 aliphatic heterocycles. The van der Waals surface area contributed by atoms with Gasteiger partial charge in [-0.1, -0.05) is 35.3 Å². The minimum absolute atomic E-state index is 0.0513. The minimum Gasteiger partial charge on any atom is -0.428 e. The van der Waals surface area contributed by atoms with Gasteiger partial charge in [-0.15, -0.1) is 0 Å². The van der Waals surface area contributed by atoms with Gasteiger partial charge in [0.25, 0.3) is 12.1 Å². The first kappa shape index (κ1) is 21.2. The van der Waals surface area contributed by atoms with E-state index < -0.39 is 35.8 Å². The van der Waals surface area contributed by atoms with E-state index in [0.29, 0.717) is 0 Å². The SMILES string of the molecule is O=C(Nc1ccccc1OC(F)(F)C(F)C(F)(F)F)c1ccc(Cl)cc1Cl. The van der Waals surface area contributed by atoms with Crippen molar-refractivity contribution in [2.24, 2.45) is 0 Å². The molecule has 2 aromatic carbocycles. The Morgan fingerprint density at radius 2 is 1.67 bits per heavy atom. The Morgan fingerprint density at radius 3 is 2.26 bits per heavy atom. The summed E-state index contributed by atoms with van der Waals surface area (Å²) in [5.41, 5.74) is -0.496. The number of hydrogen-bond donors (Lipinski definition) is 1. The maximum atomic E-state index is 13.5. The molecule has 27 heavy (non-hydrogen) atoms. The van der Waals surface area contributed by atoms with Gasteiger partial charge in [-0.2, -0.15) is 22.0 Å². The molecule has 146 valence electrons. The number of rotatable bonds is 5. The van der Waals surface area contributed by atoms with E-state index in [4.69, 9.17) is 23.2 Å². The molecule has 0 fully saturated rings. The molecule has 1 atom stereocenters. The van der Waals surface area contributed by atoms with Crippen LogP contribution in [-0.4, -0.2) is 24.4 Å². The zero-order valence-electron chi connectivity index (χ0n) is 13.0. The van der Waals surface area contributed by atoms with Crippen LogP contribution in [0.1, 0.15) is 10.4 Å². The van der Waals surface area contributed by atoms with Crippen LogP contribution in [0.3, 0.4) is 0 Å². The zero-order chi connectivity index (χ0) is 20.4. The monoisotopic (exact) mass is 431 g/mol. The molecule has 0 saturated heterocycles. The quantitative estimate of drug-likeness (QED) is 0.579. The van der Waals surface area contributed by atoms with E-state index in [1.54, 1.807) is 0 Å². The first-order chi connectivity index (χ1) is 12.4. The number of benzene rings is 2. The highest BCUT2D eigenvalue weighted by Gasteiger charge is 2.59. The number of alkyl halides is 6. The van der Waals surface area contributed by atoms with Crippen LogP contribution in [0.25, 0.3) is 0 Å². The third-order valence-electron chi connectivity index (χ3n) is 3.14. The van der Waals surface area contributed by atoms with Crippen molar-refractivity contribution in [1.82, 2.24) is 0 Å². The van der Waals surface area contributed by atoms with Gasteiger partial charge in [0.15, 0.2) is 0 Å². The van der Waals surface area contributed by atoms with E-state index in [2.05, 4.69) is 10.1 Å². The third kappa shape index (κ3) is 5.20. The standard InChI is InChI=1S/C16H9Cl2F6NO2/c17-8-5-6-9(10(18)7-8)13(26)25-11-3-1-2-4-12(11)27-16(23,24)14(19)15(20,21)22/h1-7,14H,(H,25,26). The average molecular weight is 432 g/mol. The number of carbonyl (C=O) groups excluding carboxylic acids is 1. The van der Waals surface area contributed by atoms with Gasteiger partial charge in [-0.25, -0.2) is 4.39 Å². The Morgan fingerprint density at radius 1 is 1.04 bits per heavy atom. The van der Waals surface area contributed by atoms with Crippen LogP contribution in [0, 0.1) is 0 Å². The second kappa shape index (κ2) is 7.85. The van der Waals surface area contributed by atoms with Gasteiger partial charge < -0.3 is 10.1 Å². The topological polar surface area (TPSA) is 38.3 Å². The van der Waals surface area contributed by atoms with Gasteiger partial charge in [-0.3, -0.25) is 4.79 Å². The lowest BCUT2D eigenvalue weighted by Gasteiger charge is -2.24. The fourth-order valence-corrected chi connectivity index (χ4v) is 2.41. The highest BCUT2D eigenvalue weighted by atomic mass is 35.5. The van der Waals surface area contributed by atoms with Crippen LogP contribution >= 0.6 is 23.2 Å². The van der Waals surface area contributed by atoms with Gasteiger partial charge in [0.05, 0.1) is 16.3 Å². The lowest BCUT2D eigenvalue weighted by atomic mass is 10.2. The average Bonchev–Trinajstić information content (AvgIpc) is 2.54. The highest BCUT2D eigenvalue weighted by molar-refractivity contribution is 6.37. The van der Waals surface area contributed by atoms with E-state index >= 15 is 0 Å². The summed E-state index contributed by atoms with van der Waals surface area (Å²) in [5, 5.41) is 2.34. The third-order valence-corrected chi connectivity index (χ3v) is 3.69. The van der Waals surface area contributed by atoms with Crippen molar-refractivity contribution in [2.45, 2.75) is 18.5 Å². The van der Waals surface area contributed by atoms with Crippen molar-refractivity contribution in [1.29, 1.82) is 0 Å². The summed E-state index contributed by atoms with van der Waals surface area (Å²) in [4.78, 5) is 12.2. The van der Waals surface area contributed by atoms with Crippen LogP contribution in [0.15, 0.2) is 42.5 Å². The van der Waals surface area contributed by atoms with Crippen LogP contribution in [-0.2, 0) is 0 Å². The smallest absolute Gasteiger partial charge is 0.428 e. The van der Waals surface area contributed by atoms with Gasteiger partial charge in [-0.05, 0) is 30.3 Å². The van der Waals surface area contributed by atoms with Gasteiger partial charge in [0, 0.05) is 5.02 Å². The summed E-state index contributed by atoms with van der Waals surface area (Å²) >= 11 is 11.6. The Kier molecular flexibility index (Phi) is 6.16. The molecule has 0 aliphatic rings. The number of carbonyl (C=O) groups is 1. The van der Waals surface area contributed by atoms with Crippen molar-refractivity contribution in [3.05, 3.63) is 58.1 Å². The van der Waals surface area contributed by atoms with Crippen LogP contribution in [0.2, 0.25) is 10.0 Å². The second-order valence-corrected chi connectivity index (χ2v) is 5.99.